The lowest BCUT2D eigenvalue weighted by Gasteiger charge is -2.05. The van der Waals surface area contributed by atoms with Crippen LogP contribution in [-0.2, 0) is 6.42 Å². The van der Waals surface area contributed by atoms with Crippen molar-refractivity contribution in [1.29, 1.82) is 0 Å². The molecular weight excluding hydrogens is 200 g/mol. The Morgan fingerprint density at radius 1 is 1.31 bits per heavy atom. The van der Waals surface area contributed by atoms with Gasteiger partial charge >= 0.3 is 0 Å². The lowest BCUT2D eigenvalue weighted by atomic mass is 9.99. The van der Waals surface area contributed by atoms with Crippen molar-refractivity contribution in [2.24, 2.45) is 0 Å². The predicted octanol–water partition coefficient (Wildman–Crippen LogP) is 3.18. The fraction of sp³-hybridized carbons (Fsp3) is 0.308. The molecule has 0 saturated carbocycles. The summed E-state index contributed by atoms with van der Waals surface area (Å²) < 4.78 is 5.09. The largest absolute Gasteiger partial charge is 0.367 e. The molecule has 1 heterocycles. The van der Waals surface area contributed by atoms with Crippen molar-refractivity contribution in [2.45, 2.75) is 26.7 Å². The van der Waals surface area contributed by atoms with Crippen molar-refractivity contribution >= 4 is 5.88 Å². The van der Waals surface area contributed by atoms with Gasteiger partial charge in [0.15, 0.2) is 0 Å². The molecule has 1 aromatic carbocycles. The Labute approximate surface area is 95.3 Å². The Morgan fingerprint density at radius 3 is 2.75 bits per heavy atom. The lowest BCUT2D eigenvalue weighted by Crippen LogP contribution is -1.92. The maximum Gasteiger partial charge on any atom is 0.230 e. The number of anilines is 1. The fourth-order valence-corrected chi connectivity index (χ4v) is 1.89. The van der Waals surface area contributed by atoms with Gasteiger partial charge in [0.2, 0.25) is 5.88 Å². The van der Waals surface area contributed by atoms with Gasteiger partial charge in [-0.3, -0.25) is 0 Å². The molecule has 16 heavy (non-hydrogen) atoms. The van der Waals surface area contributed by atoms with Gasteiger partial charge in [-0.1, -0.05) is 42.8 Å². The SMILES string of the molecule is CCCc1noc(N)c1-c1ccccc1C. The normalized spacial score (nSPS) is 10.6. The van der Waals surface area contributed by atoms with Gasteiger partial charge in [-0.25, -0.2) is 0 Å². The third-order valence-electron chi connectivity index (χ3n) is 2.69. The topological polar surface area (TPSA) is 52.0 Å². The van der Waals surface area contributed by atoms with E-state index in [-0.39, 0.29) is 0 Å². The van der Waals surface area contributed by atoms with Crippen molar-refractivity contribution in [3.63, 3.8) is 0 Å². The van der Waals surface area contributed by atoms with E-state index in [9.17, 15) is 0 Å². The number of nitrogen functional groups attached to an aromatic ring is 1. The van der Waals surface area contributed by atoms with Gasteiger partial charge in [-0.2, -0.15) is 0 Å². The first kappa shape index (κ1) is 10.7. The number of benzene rings is 1. The summed E-state index contributed by atoms with van der Waals surface area (Å²) >= 11 is 0. The molecule has 2 N–H and O–H groups in total. The van der Waals surface area contributed by atoms with Crippen LogP contribution in [-0.4, -0.2) is 5.16 Å². The van der Waals surface area contributed by atoms with Crippen LogP contribution in [0, 0.1) is 6.92 Å². The summed E-state index contributed by atoms with van der Waals surface area (Å²) in [4.78, 5) is 0. The smallest absolute Gasteiger partial charge is 0.230 e. The predicted molar refractivity (Wildman–Crippen MR) is 65.1 cm³/mol. The van der Waals surface area contributed by atoms with E-state index in [2.05, 4.69) is 31.1 Å². The highest BCUT2D eigenvalue weighted by Gasteiger charge is 2.16. The summed E-state index contributed by atoms with van der Waals surface area (Å²) in [5, 5.41) is 4.02. The van der Waals surface area contributed by atoms with Gasteiger partial charge in [-0.15, -0.1) is 0 Å². The second-order valence-electron chi connectivity index (χ2n) is 3.93. The molecular formula is C13H16N2O. The maximum atomic E-state index is 5.84. The average Bonchev–Trinajstić information content (AvgIpc) is 2.62. The van der Waals surface area contributed by atoms with Crippen molar-refractivity contribution in [3.8, 4) is 11.1 Å². The molecule has 0 aliphatic heterocycles. The second-order valence-corrected chi connectivity index (χ2v) is 3.93. The third-order valence-corrected chi connectivity index (χ3v) is 2.69. The van der Waals surface area contributed by atoms with E-state index in [1.807, 2.05) is 12.1 Å². The van der Waals surface area contributed by atoms with E-state index < -0.39 is 0 Å². The van der Waals surface area contributed by atoms with Crippen LogP contribution in [0.25, 0.3) is 11.1 Å². The molecule has 3 nitrogen and oxygen atoms in total. The zero-order chi connectivity index (χ0) is 11.5. The highest BCUT2D eigenvalue weighted by atomic mass is 16.5. The quantitative estimate of drug-likeness (QED) is 0.857. The summed E-state index contributed by atoms with van der Waals surface area (Å²) in [7, 11) is 0. The molecule has 2 rings (SSSR count). The van der Waals surface area contributed by atoms with Crippen molar-refractivity contribution < 1.29 is 4.52 Å². The number of nitrogens with two attached hydrogens (primary N) is 1. The van der Waals surface area contributed by atoms with E-state index in [1.165, 1.54) is 5.56 Å². The van der Waals surface area contributed by atoms with Gasteiger partial charge in [0.05, 0.1) is 11.3 Å². The number of hydrogen-bond acceptors (Lipinski definition) is 3. The molecule has 0 bridgehead atoms. The van der Waals surface area contributed by atoms with Crippen molar-refractivity contribution in [3.05, 3.63) is 35.5 Å². The van der Waals surface area contributed by atoms with Crippen LogP contribution in [0.4, 0.5) is 5.88 Å². The molecule has 2 aromatic rings. The Hall–Kier alpha value is -1.77. The Bertz CT molecular complexity index is 488. The Kier molecular flexibility index (Phi) is 2.95. The van der Waals surface area contributed by atoms with Crippen LogP contribution in [0.15, 0.2) is 28.8 Å². The summed E-state index contributed by atoms with van der Waals surface area (Å²) in [6.45, 7) is 4.18. The molecule has 3 heteroatoms. The molecule has 0 atom stereocenters. The molecule has 0 radical (unpaired) electrons. The van der Waals surface area contributed by atoms with E-state index in [0.717, 1.165) is 29.7 Å². The second kappa shape index (κ2) is 4.39. The minimum Gasteiger partial charge on any atom is -0.367 e. The molecule has 0 amide bonds. The minimum absolute atomic E-state index is 0.415. The summed E-state index contributed by atoms with van der Waals surface area (Å²) in [5.41, 5.74) is 10.1. The number of hydrogen-bond donors (Lipinski definition) is 1. The van der Waals surface area contributed by atoms with Crippen LogP contribution in [0.5, 0.6) is 0 Å². The third kappa shape index (κ3) is 1.81. The molecule has 1 aromatic heterocycles. The van der Waals surface area contributed by atoms with Gasteiger partial charge in [0.1, 0.15) is 0 Å². The zero-order valence-electron chi connectivity index (χ0n) is 9.66. The van der Waals surface area contributed by atoms with Gasteiger partial charge in [0, 0.05) is 0 Å². The summed E-state index contributed by atoms with van der Waals surface area (Å²) in [6.07, 6.45) is 1.93. The van der Waals surface area contributed by atoms with Crippen LogP contribution < -0.4 is 5.73 Å². The van der Waals surface area contributed by atoms with Crippen LogP contribution in [0.3, 0.4) is 0 Å². The van der Waals surface area contributed by atoms with Crippen LogP contribution in [0.2, 0.25) is 0 Å². The molecule has 0 fully saturated rings. The van der Waals surface area contributed by atoms with Crippen LogP contribution >= 0.6 is 0 Å². The number of aromatic nitrogens is 1. The van der Waals surface area contributed by atoms with Gasteiger partial charge < -0.3 is 10.3 Å². The molecule has 0 spiro atoms. The maximum absolute atomic E-state index is 5.84. The minimum atomic E-state index is 0.415. The monoisotopic (exact) mass is 216 g/mol. The van der Waals surface area contributed by atoms with Crippen molar-refractivity contribution in [2.75, 3.05) is 5.73 Å². The van der Waals surface area contributed by atoms with Gasteiger partial charge in [-0.05, 0) is 24.5 Å². The standard InChI is InChI=1S/C13H16N2O/c1-3-6-11-12(13(14)16-15-11)10-8-5-4-7-9(10)2/h4-5,7-8H,3,6,14H2,1-2H3. The number of aryl methyl sites for hydroxylation is 2. The van der Waals surface area contributed by atoms with E-state index in [4.69, 9.17) is 10.3 Å². The average molecular weight is 216 g/mol. The highest BCUT2D eigenvalue weighted by molar-refractivity contribution is 5.77. The number of nitrogens with zero attached hydrogens (tertiary/aromatic N) is 1. The highest BCUT2D eigenvalue weighted by Crippen LogP contribution is 2.32. The first-order chi connectivity index (χ1) is 7.74. The first-order valence-corrected chi connectivity index (χ1v) is 5.54. The molecule has 0 saturated heterocycles. The van der Waals surface area contributed by atoms with E-state index in [1.54, 1.807) is 0 Å². The summed E-state index contributed by atoms with van der Waals surface area (Å²) in [5.74, 6) is 0.415. The molecule has 0 aliphatic carbocycles. The number of rotatable bonds is 3. The molecule has 0 unspecified atom stereocenters. The summed E-state index contributed by atoms with van der Waals surface area (Å²) in [6, 6.07) is 8.14. The van der Waals surface area contributed by atoms with E-state index >= 15 is 0 Å². The molecule has 84 valence electrons. The molecule has 0 aliphatic rings. The van der Waals surface area contributed by atoms with Crippen LogP contribution in [0.1, 0.15) is 24.6 Å². The van der Waals surface area contributed by atoms with E-state index in [0.29, 0.717) is 5.88 Å². The lowest BCUT2D eigenvalue weighted by molar-refractivity contribution is 0.427. The Balaban J connectivity index is 2.54. The zero-order valence-corrected chi connectivity index (χ0v) is 9.66. The van der Waals surface area contributed by atoms with Crippen molar-refractivity contribution in [1.82, 2.24) is 5.16 Å². The first-order valence-electron chi connectivity index (χ1n) is 5.54. The Morgan fingerprint density at radius 2 is 2.06 bits per heavy atom. The van der Waals surface area contributed by atoms with Gasteiger partial charge in [0.25, 0.3) is 0 Å². The fourth-order valence-electron chi connectivity index (χ4n) is 1.89.